The summed E-state index contributed by atoms with van der Waals surface area (Å²) in [4.78, 5) is 38.7. The van der Waals surface area contributed by atoms with Crippen LogP contribution >= 0.6 is 11.8 Å². The number of benzene rings is 2. The Morgan fingerprint density at radius 2 is 1.80 bits per heavy atom. The van der Waals surface area contributed by atoms with E-state index in [0.717, 1.165) is 27.8 Å². The minimum absolute atomic E-state index is 0.225. The molecule has 3 rings (SSSR count). The number of carbonyl (C=O) groups is 3. The van der Waals surface area contributed by atoms with E-state index in [9.17, 15) is 14.4 Å². The number of hydrogen-bond acceptors (Lipinski definition) is 6. The van der Waals surface area contributed by atoms with Gasteiger partial charge in [0.05, 0.1) is 19.1 Å². The van der Waals surface area contributed by atoms with Crippen LogP contribution in [0.25, 0.3) is 6.08 Å². The Kier molecular flexibility index (Phi) is 6.47. The highest BCUT2D eigenvalue weighted by atomic mass is 32.2. The van der Waals surface area contributed by atoms with Gasteiger partial charge >= 0.3 is 0 Å². The molecule has 30 heavy (non-hydrogen) atoms. The summed E-state index contributed by atoms with van der Waals surface area (Å²) in [5.41, 5.74) is 3.13. The third-order valence-corrected chi connectivity index (χ3v) is 5.56. The van der Waals surface area contributed by atoms with Gasteiger partial charge in [0, 0.05) is 17.3 Å². The maximum absolute atomic E-state index is 12.7. The summed E-state index contributed by atoms with van der Waals surface area (Å²) in [5, 5.41) is 2.30. The fourth-order valence-electron chi connectivity index (χ4n) is 3.05. The largest absolute Gasteiger partial charge is 0.497 e. The standard InChI is InChI=1S/C22H22N2O5S/c1-13-6-5-7-14(2)20(13)23-19(25)12-24-21(26)18(30-22(24)27)10-15-8-9-16(28-3)11-17(15)29-4/h5-11H,12H2,1-4H3,(H,23,25)/b18-10+. The number of methoxy groups -OCH3 is 2. The number of amides is 3. The summed E-state index contributed by atoms with van der Waals surface area (Å²) in [7, 11) is 3.05. The smallest absolute Gasteiger partial charge is 0.294 e. The third kappa shape index (κ3) is 4.49. The summed E-state index contributed by atoms with van der Waals surface area (Å²) in [6.45, 7) is 3.41. The minimum Gasteiger partial charge on any atom is -0.497 e. The van der Waals surface area contributed by atoms with E-state index < -0.39 is 17.1 Å². The highest BCUT2D eigenvalue weighted by molar-refractivity contribution is 8.18. The molecule has 0 aromatic heterocycles. The lowest BCUT2D eigenvalue weighted by atomic mass is 10.1. The molecule has 1 aliphatic heterocycles. The van der Waals surface area contributed by atoms with Crippen LogP contribution in [-0.4, -0.2) is 42.7 Å². The first-order valence-corrected chi connectivity index (χ1v) is 9.99. The van der Waals surface area contributed by atoms with Gasteiger partial charge in [-0.2, -0.15) is 0 Å². The topological polar surface area (TPSA) is 84.9 Å². The average Bonchev–Trinajstić information content (AvgIpc) is 2.98. The number of anilines is 1. The van der Waals surface area contributed by atoms with Gasteiger partial charge in [-0.05, 0) is 54.9 Å². The van der Waals surface area contributed by atoms with E-state index in [4.69, 9.17) is 9.47 Å². The molecule has 1 saturated heterocycles. The third-order valence-electron chi connectivity index (χ3n) is 4.65. The lowest BCUT2D eigenvalue weighted by Gasteiger charge is -2.15. The minimum atomic E-state index is -0.514. The molecule has 0 unspecified atom stereocenters. The fourth-order valence-corrected chi connectivity index (χ4v) is 3.88. The molecule has 0 aliphatic carbocycles. The molecule has 1 heterocycles. The summed E-state index contributed by atoms with van der Waals surface area (Å²) in [6, 6.07) is 10.8. The number of hydrogen-bond donors (Lipinski definition) is 1. The molecule has 0 atom stereocenters. The van der Waals surface area contributed by atoms with Crippen molar-refractivity contribution in [2.45, 2.75) is 13.8 Å². The Morgan fingerprint density at radius 1 is 1.10 bits per heavy atom. The Hall–Kier alpha value is -3.26. The maximum atomic E-state index is 12.7. The van der Waals surface area contributed by atoms with Crippen molar-refractivity contribution in [3.05, 3.63) is 58.0 Å². The van der Waals surface area contributed by atoms with Crippen LogP contribution in [-0.2, 0) is 9.59 Å². The second-order valence-electron chi connectivity index (χ2n) is 6.69. The number of para-hydroxylation sites is 1. The van der Waals surface area contributed by atoms with Gasteiger partial charge in [-0.1, -0.05) is 18.2 Å². The fraction of sp³-hybridized carbons (Fsp3) is 0.227. The molecule has 0 spiro atoms. The van der Waals surface area contributed by atoms with Gasteiger partial charge in [-0.25, -0.2) is 0 Å². The molecule has 0 radical (unpaired) electrons. The van der Waals surface area contributed by atoms with Crippen molar-refractivity contribution in [1.82, 2.24) is 4.90 Å². The van der Waals surface area contributed by atoms with E-state index in [1.165, 1.54) is 7.11 Å². The molecule has 2 aromatic rings. The number of carbonyl (C=O) groups excluding carboxylic acids is 3. The van der Waals surface area contributed by atoms with Crippen LogP contribution in [0.15, 0.2) is 41.3 Å². The normalized spacial score (nSPS) is 14.9. The molecule has 1 fully saturated rings. The zero-order chi connectivity index (χ0) is 21.8. The molecule has 8 heteroatoms. The van der Waals surface area contributed by atoms with Crippen LogP contribution in [0.1, 0.15) is 16.7 Å². The Bertz CT molecular complexity index is 1030. The van der Waals surface area contributed by atoms with Gasteiger partial charge in [0.2, 0.25) is 5.91 Å². The predicted octanol–water partition coefficient (Wildman–Crippen LogP) is 4.00. The molecule has 0 saturated carbocycles. The Balaban J connectivity index is 1.76. The van der Waals surface area contributed by atoms with Crippen LogP contribution in [0.4, 0.5) is 10.5 Å². The number of thioether (sulfide) groups is 1. The number of imide groups is 1. The molecule has 1 N–H and O–H groups in total. The highest BCUT2D eigenvalue weighted by Gasteiger charge is 2.36. The number of aryl methyl sites for hydroxylation is 2. The van der Waals surface area contributed by atoms with Crippen molar-refractivity contribution in [2.75, 3.05) is 26.1 Å². The summed E-state index contributed by atoms with van der Waals surface area (Å²) < 4.78 is 10.5. The van der Waals surface area contributed by atoms with Gasteiger partial charge < -0.3 is 14.8 Å². The van der Waals surface area contributed by atoms with Crippen molar-refractivity contribution in [1.29, 1.82) is 0 Å². The lowest BCUT2D eigenvalue weighted by Crippen LogP contribution is -2.36. The monoisotopic (exact) mass is 426 g/mol. The molecule has 3 amide bonds. The van der Waals surface area contributed by atoms with E-state index in [1.54, 1.807) is 31.4 Å². The molecule has 2 aromatic carbocycles. The number of rotatable bonds is 6. The number of nitrogens with zero attached hydrogens (tertiary/aromatic N) is 1. The highest BCUT2D eigenvalue weighted by Crippen LogP contribution is 2.35. The molecule has 0 bridgehead atoms. The van der Waals surface area contributed by atoms with Crippen LogP contribution in [0.5, 0.6) is 11.5 Å². The average molecular weight is 426 g/mol. The van der Waals surface area contributed by atoms with Crippen LogP contribution in [0.2, 0.25) is 0 Å². The van der Waals surface area contributed by atoms with Crippen LogP contribution < -0.4 is 14.8 Å². The molecule has 1 aliphatic rings. The van der Waals surface area contributed by atoms with E-state index in [-0.39, 0.29) is 11.4 Å². The van der Waals surface area contributed by atoms with Crippen molar-refractivity contribution in [3.8, 4) is 11.5 Å². The molecular weight excluding hydrogens is 404 g/mol. The summed E-state index contributed by atoms with van der Waals surface area (Å²) in [5.74, 6) is 0.173. The molecule has 156 valence electrons. The first-order chi connectivity index (χ1) is 14.3. The summed E-state index contributed by atoms with van der Waals surface area (Å²) >= 11 is 0.792. The lowest BCUT2D eigenvalue weighted by molar-refractivity contribution is -0.127. The van der Waals surface area contributed by atoms with Gasteiger partial charge in [-0.3, -0.25) is 19.3 Å². The Morgan fingerprint density at radius 3 is 2.43 bits per heavy atom. The van der Waals surface area contributed by atoms with Crippen LogP contribution in [0, 0.1) is 13.8 Å². The second kappa shape index (κ2) is 9.04. The van der Waals surface area contributed by atoms with Gasteiger partial charge in [0.25, 0.3) is 11.1 Å². The van der Waals surface area contributed by atoms with Crippen LogP contribution in [0.3, 0.4) is 0 Å². The SMILES string of the molecule is COc1ccc(/C=C2/SC(=O)N(CC(=O)Nc3c(C)cccc3C)C2=O)c(OC)c1. The second-order valence-corrected chi connectivity index (χ2v) is 7.68. The maximum Gasteiger partial charge on any atom is 0.294 e. The zero-order valence-electron chi connectivity index (χ0n) is 17.1. The van der Waals surface area contributed by atoms with Crippen molar-refractivity contribution in [2.24, 2.45) is 0 Å². The van der Waals surface area contributed by atoms with E-state index in [2.05, 4.69) is 5.32 Å². The van der Waals surface area contributed by atoms with Crippen molar-refractivity contribution < 1.29 is 23.9 Å². The predicted molar refractivity (Wildman–Crippen MR) is 117 cm³/mol. The van der Waals surface area contributed by atoms with Gasteiger partial charge in [0.15, 0.2) is 0 Å². The first kappa shape index (κ1) is 21.4. The molecular formula is C22H22N2O5S. The van der Waals surface area contributed by atoms with Gasteiger partial charge in [0.1, 0.15) is 18.0 Å². The Labute approximate surface area is 179 Å². The van der Waals surface area contributed by atoms with Crippen molar-refractivity contribution in [3.63, 3.8) is 0 Å². The van der Waals surface area contributed by atoms with Crippen molar-refractivity contribution >= 4 is 40.6 Å². The number of ether oxygens (including phenoxy) is 2. The van der Waals surface area contributed by atoms with E-state index >= 15 is 0 Å². The summed E-state index contributed by atoms with van der Waals surface area (Å²) in [6.07, 6.45) is 1.58. The van der Waals surface area contributed by atoms with E-state index in [0.29, 0.717) is 22.7 Å². The molecule has 7 nitrogen and oxygen atoms in total. The van der Waals surface area contributed by atoms with Gasteiger partial charge in [-0.15, -0.1) is 0 Å². The number of nitrogens with one attached hydrogen (secondary N) is 1. The zero-order valence-corrected chi connectivity index (χ0v) is 18.0. The van der Waals surface area contributed by atoms with E-state index in [1.807, 2.05) is 32.0 Å². The quantitative estimate of drug-likeness (QED) is 0.703. The first-order valence-electron chi connectivity index (χ1n) is 9.17.